The Morgan fingerprint density at radius 2 is 1.00 bits per heavy atom. The summed E-state index contributed by atoms with van der Waals surface area (Å²) >= 11 is 0. The van der Waals surface area contributed by atoms with Crippen LogP contribution in [0.3, 0.4) is 0 Å². The fraction of sp³-hybridized carbons (Fsp3) is 1.00. The number of rotatable bonds is 0. The van der Waals surface area contributed by atoms with E-state index in [1.54, 1.807) is 0 Å². The van der Waals surface area contributed by atoms with Gasteiger partial charge in [0.15, 0.2) is 0 Å². The zero-order chi connectivity index (χ0) is 4.50. The van der Waals surface area contributed by atoms with Gasteiger partial charge in [-0.25, -0.2) is 0 Å². The summed E-state index contributed by atoms with van der Waals surface area (Å²) in [5.41, 5.74) is 0. The van der Waals surface area contributed by atoms with Crippen molar-refractivity contribution in [3.05, 3.63) is 0 Å². The first-order valence-corrected chi connectivity index (χ1v) is 1.79. The van der Waals surface area contributed by atoms with E-state index >= 15 is 0 Å². The van der Waals surface area contributed by atoms with Crippen LogP contribution >= 0.6 is 0 Å². The summed E-state index contributed by atoms with van der Waals surface area (Å²) in [7, 11) is 5.35. The molecule has 0 aromatic carbocycles. The molecule has 0 aromatic rings. The molecular weight excluding hydrogens is 219 g/mol. The van der Waals surface area contributed by atoms with Crippen LogP contribution in [0.2, 0.25) is 5.31 Å². The van der Waals surface area contributed by atoms with Gasteiger partial charge in [-0.2, -0.15) is 0 Å². The maximum absolute atomic E-state index is 5.35. The van der Waals surface area contributed by atoms with E-state index in [4.69, 9.17) is 7.85 Å². The molecule has 0 unspecified atom stereocenters. The molecule has 0 aromatic heterocycles. The molecule has 0 radical (unpaired) electrons. The minimum absolute atomic E-state index is 0. The molecule has 0 atom stereocenters. The smallest absolute Gasteiger partial charge is 1.00 e. The van der Waals surface area contributed by atoms with Gasteiger partial charge in [-0.3, -0.25) is 0 Å². The largest absolute Gasteiger partial charge is 1.00 e. The standard InChI is InChI=1S/C4H9B.2BrH/c1-4(2,3)5;;/h1-3H3;2*1H/q+2;;/p-2. The van der Waals surface area contributed by atoms with E-state index in [2.05, 4.69) is 0 Å². The summed E-state index contributed by atoms with van der Waals surface area (Å²) in [4.78, 5) is 0. The van der Waals surface area contributed by atoms with Crippen LogP contribution in [0.5, 0.6) is 0 Å². The summed E-state index contributed by atoms with van der Waals surface area (Å²) in [6.07, 6.45) is 0. The summed E-state index contributed by atoms with van der Waals surface area (Å²) in [5, 5.41) is 0. The molecule has 0 spiro atoms. The number of hydrogen-bond donors (Lipinski definition) is 0. The van der Waals surface area contributed by atoms with Crippen LogP contribution in [-0.4, -0.2) is 7.85 Å². The second-order valence-corrected chi connectivity index (χ2v) is 2.37. The fourth-order valence-corrected chi connectivity index (χ4v) is 0. The van der Waals surface area contributed by atoms with Crippen LogP contribution < -0.4 is 34.0 Å². The molecule has 0 saturated heterocycles. The zero-order valence-corrected chi connectivity index (χ0v) is 8.01. The van der Waals surface area contributed by atoms with E-state index in [0.29, 0.717) is 0 Å². The van der Waals surface area contributed by atoms with Crippen LogP contribution in [0.4, 0.5) is 0 Å². The average molecular weight is 228 g/mol. The van der Waals surface area contributed by atoms with Crippen molar-refractivity contribution in [1.82, 2.24) is 0 Å². The van der Waals surface area contributed by atoms with Crippen LogP contribution in [-0.2, 0) is 0 Å². The Balaban J connectivity index is -0.0000000800. The fourth-order valence-electron chi connectivity index (χ4n) is 0. The maximum atomic E-state index is 5.35. The summed E-state index contributed by atoms with van der Waals surface area (Å²) in [5.74, 6) is 0. The van der Waals surface area contributed by atoms with Crippen molar-refractivity contribution < 1.29 is 34.0 Å². The van der Waals surface area contributed by atoms with E-state index in [0.717, 1.165) is 0 Å². The van der Waals surface area contributed by atoms with E-state index in [1.807, 2.05) is 20.8 Å². The Hall–Kier alpha value is 1.02. The average Bonchev–Trinajstić information content (AvgIpc) is 0.722. The first kappa shape index (κ1) is 15.7. The van der Waals surface area contributed by atoms with E-state index in [-0.39, 0.29) is 39.3 Å². The van der Waals surface area contributed by atoms with Crippen LogP contribution in [0, 0.1) is 0 Å². The molecule has 0 rings (SSSR count). The molecule has 0 N–H and O–H groups in total. The molecule has 0 nitrogen and oxygen atoms in total. The Bertz CT molecular complexity index is 25.2. The molecule has 3 heteroatoms. The van der Waals surface area contributed by atoms with Crippen molar-refractivity contribution in [3.8, 4) is 0 Å². The first-order valence-electron chi connectivity index (χ1n) is 1.79. The third-order valence-electron chi connectivity index (χ3n) is 0. The van der Waals surface area contributed by atoms with Gasteiger partial charge in [0.2, 0.25) is 0 Å². The molecule has 7 heavy (non-hydrogen) atoms. The molecule has 0 aliphatic heterocycles. The molecule has 0 saturated carbocycles. The predicted octanol–water partition coefficient (Wildman–Crippen LogP) is -4.62. The van der Waals surface area contributed by atoms with Gasteiger partial charge in [0.05, 0.1) is 0 Å². The van der Waals surface area contributed by atoms with Crippen LogP contribution in [0.15, 0.2) is 0 Å². The normalized spacial score (nSPS) is 8.71. The van der Waals surface area contributed by atoms with Crippen molar-refractivity contribution in [2.75, 3.05) is 0 Å². The van der Waals surface area contributed by atoms with E-state index < -0.39 is 0 Å². The SMILES string of the molecule is [B+2]C(C)(C)C.[Br-].[Br-]. The topological polar surface area (TPSA) is 0 Å². The van der Waals surface area contributed by atoms with Crippen molar-refractivity contribution in [2.24, 2.45) is 0 Å². The van der Waals surface area contributed by atoms with Gasteiger partial charge in [0.25, 0.3) is 0 Å². The second-order valence-electron chi connectivity index (χ2n) is 2.37. The maximum Gasteiger partial charge on any atom is -1.00 e. The summed E-state index contributed by atoms with van der Waals surface area (Å²) in [6, 6.07) is 0. The molecule has 42 valence electrons. The van der Waals surface area contributed by atoms with Gasteiger partial charge in [-0.1, -0.05) is 0 Å². The molecule has 0 amide bonds. The first-order chi connectivity index (χ1) is 2.00. The van der Waals surface area contributed by atoms with Gasteiger partial charge in [0, 0.05) is 0 Å². The van der Waals surface area contributed by atoms with Crippen molar-refractivity contribution in [3.63, 3.8) is 0 Å². The number of halogens is 2. The third-order valence-corrected chi connectivity index (χ3v) is 0. The molecule has 0 aliphatic carbocycles. The van der Waals surface area contributed by atoms with Crippen molar-refractivity contribution in [2.45, 2.75) is 26.1 Å². The van der Waals surface area contributed by atoms with Crippen LogP contribution in [0.1, 0.15) is 20.8 Å². The molecule has 0 bridgehead atoms. The predicted molar refractivity (Wildman–Crippen MR) is 25.5 cm³/mol. The molecular formula is C4H9BBr2. The summed E-state index contributed by atoms with van der Waals surface area (Å²) < 4.78 is 0. The van der Waals surface area contributed by atoms with E-state index in [1.165, 1.54) is 0 Å². The minimum atomic E-state index is 0. The van der Waals surface area contributed by atoms with E-state index in [9.17, 15) is 0 Å². The van der Waals surface area contributed by atoms with Crippen molar-refractivity contribution in [1.29, 1.82) is 0 Å². The number of hydrogen-bond acceptors (Lipinski definition) is 0. The van der Waals surface area contributed by atoms with Gasteiger partial charge >= 0.3 is 33.9 Å². The Kier molecular flexibility index (Phi) is 11.6. The van der Waals surface area contributed by atoms with Gasteiger partial charge < -0.3 is 34.0 Å². The Morgan fingerprint density at radius 1 is 1.00 bits per heavy atom. The quantitative estimate of drug-likeness (QED) is 0.366. The van der Waals surface area contributed by atoms with Gasteiger partial charge in [0.1, 0.15) is 0 Å². The monoisotopic (exact) mass is 226 g/mol. The van der Waals surface area contributed by atoms with Gasteiger partial charge in [-0.05, 0) is 0 Å². The molecule has 0 fully saturated rings. The Labute approximate surface area is 68.0 Å². The Morgan fingerprint density at radius 3 is 1.00 bits per heavy atom. The second kappa shape index (κ2) is 5.17. The summed E-state index contributed by atoms with van der Waals surface area (Å²) in [6.45, 7) is 5.90. The molecule has 0 aliphatic rings. The van der Waals surface area contributed by atoms with Gasteiger partial charge in [-0.15, -0.1) is 0 Å². The minimum Gasteiger partial charge on any atom is -1.00 e. The van der Waals surface area contributed by atoms with Crippen molar-refractivity contribution >= 4 is 7.85 Å². The third kappa shape index (κ3) is 169. The van der Waals surface area contributed by atoms with Crippen LogP contribution in [0.25, 0.3) is 0 Å². The molecule has 0 heterocycles. The zero-order valence-electron chi connectivity index (χ0n) is 4.83.